The Morgan fingerprint density at radius 2 is 1.86 bits per heavy atom. The van der Waals surface area contributed by atoms with Crippen molar-refractivity contribution in [2.45, 2.75) is 38.6 Å². The molecule has 0 spiro atoms. The van der Waals surface area contributed by atoms with E-state index in [-0.39, 0.29) is 0 Å². The van der Waals surface area contributed by atoms with E-state index >= 15 is 0 Å². The Labute approximate surface area is 81.8 Å². The molecule has 1 saturated carbocycles. The Hall–Kier alpha value is -1.39. The van der Waals surface area contributed by atoms with Gasteiger partial charge in [0, 0.05) is 0 Å². The number of hydrogen-bond acceptors (Lipinski definition) is 3. The zero-order valence-corrected chi connectivity index (χ0v) is 8.32. The van der Waals surface area contributed by atoms with Crippen LogP contribution in [0.15, 0.2) is 0 Å². The van der Waals surface area contributed by atoms with Crippen molar-refractivity contribution in [3.63, 3.8) is 0 Å². The minimum absolute atomic E-state index is 0.683. The van der Waals surface area contributed by atoms with Crippen molar-refractivity contribution < 1.29 is 9.90 Å². The molecule has 1 N–H and O–H groups in total. The third kappa shape index (κ3) is 0.981. The number of rotatable bonds is 2. The van der Waals surface area contributed by atoms with Gasteiger partial charge in [0.15, 0.2) is 0 Å². The fourth-order valence-corrected chi connectivity index (χ4v) is 2.13. The van der Waals surface area contributed by atoms with Gasteiger partial charge in [-0.15, -0.1) is 10.2 Å². The lowest BCUT2D eigenvalue weighted by atomic mass is 9.76. The molecule has 1 aliphatic carbocycles. The second-order valence-corrected chi connectivity index (χ2v) is 3.82. The third-order valence-electron chi connectivity index (χ3n) is 2.99. The smallest absolute Gasteiger partial charge is 0.329 e. The molecule has 2 rings (SSSR count). The molecule has 14 heavy (non-hydrogen) atoms. The SMILES string of the molecule is Cc1nnc(C)n1C1(C(=O)O)CCC1. The number of aromatic nitrogens is 3. The lowest BCUT2D eigenvalue weighted by Crippen LogP contribution is -2.48. The molecule has 1 aromatic heterocycles. The monoisotopic (exact) mass is 195 g/mol. The average Bonchev–Trinajstić information content (AvgIpc) is 2.33. The van der Waals surface area contributed by atoms with Crippen LogP contribution in [0.5, 0.6) is 0 Å². The Bertz CT molecular complexity index is 360. The van der Waals surface area contributed by atoms with E-state index in [1.165, 1.54) is 0 Å². The van der Waals surface area contributed by atoms with Gasteiger partial charge in [0.05, 0.1) is 0 Å². The van der Waals surface area contributed by atoms with Crippen LogP contribution in [0.25, 0.3) is 0 Å². The maximum atomic E-state index is 11.2. The average molecular weight is 195 g/mol. The molecule has 76 valence electrons. The van der Waals surface area contributed by atoms with Crippen LogP contribution in [0.4, 0.5) is 0 Å². The Kier molecular flexibility index (Phi) is 1.83. The molecule has 5 nitrogen and oxygen atoms in total. The largest absolute Gasteiger partial charge is 0.479 e. The van der Waals surface area contributed by atoms with Crippen LogP contribution in [0.2, 0.25) is 0 Å². The summed E-state index contributed by atoms with van der Waals surface area (Å²) in [5.41, 5.74) is -0.766. The molecule has 5 heteroatoms. The second-order valence-electron chi connectivity index (χ2n) is 3.82. The minimum atomic E-state index is -0.769. The topological polar surface area (TPSA) is 68.0 Å². The highest BCUT2D eigenvalue weighted by atomic mass is 16.4. The van der Waals surface area contributed by atoms with E-state index in [2.05, 4.69) is 10.2 Å². The summed E-state index contributed by atoms with van der Waals surface area (Å²) in [5, 5.41) is 17.0. The van der Waals surface area contributed by atoms with E-state index in [1.807, 2.05) is 0 Å². The van der Waals surface area contributed by atoms with Gasteiger partial charge in [0.2, 0.25) is 0 Å². The number of carboxylic acid groups (broad SMARTS) is 1. The van der Waals surface area contributed by atoms with E-state index in [9.17, 15) is 9.90 Å². The molecule has 1 heterocycles. The first-order valence-electron chi connectivity index (χ1n) is 4.70. The van der Waals surface area contributed by atoms with E-state index < -0.39 is 11.5 Å². The highest BCUT2D eigenvalue weighted by Gasteiger charge is 2.47. The number of nitrogens with zero attached hydrogens (tertiary/aromatic N) is 3. The molecule has 0 unspecified atom stereocenters. The van der Waals surface area contributed by atoms with E-state index in [0.29, 0.717) is 24.5 Å². The summed E-state index contributed by atoms with van der Waals surface area (Å²) in [4.78, 5) is 11.2. The van der Waals surface area contributed by atoms with Gasteiger partial charge in [-0.2, -0.15) is 0 Å². The van der Waals surface area contributed by atoms with E-state index in [4.69, 9.17) is 0 Å². The summed E-state index contributed by atoms with van der Waals surface area (Å²) in [6.07, 6.45) is 2.33. The van der Waals surface area contributed by atoms with Gasteiger partial charge in [-0.3, -0.25) is 4.57 Å². The highest BCUT2D eigenvalue weighted by Crippen LogP contribution is 2.40. The third-order valence-corrected chi connectivity index (χ3v) is 2.99. The molecule has 0 bridgehead atoms. The predicted molar refractivity (Wildman–Crippen MR) is 49.0 cm³/mol. The first-order chi connectivity index (χ1) is 6.58. The van der Waals surface area contributed by atoms with Crippen molar-refractivity contribution >= 4 is 5.97 Å². The standard InChI is InChI=1S/C9H13N3O2/c1-6-10-11-7(2)12(6)9(8(13)14)4-3-5-9/h3-5H2,1-2H3,(H,13,14). The van der Waals surface area contributed by atoms with E-state index in [0.717, 1.165) is 6.42 Å². The molecule has 0 atom stereocenters. The van der Waals surface area contributed by atoms with Crippen molar-refractivity contribution in [2.75, 3.05) is 0 Å². The molecule has 0 saturated heterocycles. The van der Waals surface area contributed by atoms with Crippen molar-refractivity contribution in [1.29, 1.82) is 0 Å². The van der Waals surface area contributed by atoms with Gasteiger partial charge in [-0.1, -0.05) is 0 Å². The zero-order valence-electron chi connectivity index (χ0n) is 8.32. The van der Waals surface area contributed by atoms with Crippen LogP contribution in [0, 0.1) is 13.8 Å². The van der Waals surface area contributed by atoms with Gasteiger partial charge in [-0.05, 0) is 33.1 Å². The summed E-state index contributed by atoms with van der Waals surface area (Å²) in [6.45, 7) is 3.59. The number of aliphatic carboxylic acids is 1. The number of carboxylic acids is 1. The van der Waals surface area contributed by atoms with Crippen LogP contribution in [-0.4, -0.2) is 25.8 Å². The Morgan fingerprint density at radius 3 is 2.14 bits per heavy atom. The van der Waals surface area contributed by atoms with Gasteiger partial charge < -0.3 is 5.11 Å². The predicted octanol–water partition coefficient (Wildman–Crippen LogP) is 0.859. The second kappa shape index (κ2) is 2.80. The Balaban J connectivity index is 2.51. The van der Waals surface area contributed by atoms with Crippen LogP contribution in [0.1, 0.15) is 30.9 Å². The molecule has 1 aliphatic rings. The maximum Gasteiger partial charge on any atom is 0.329 e. The lowest BCUT2D eigenvalue weighted by Gasteiger charge is -2.39. The summed E-state index contributed by atoms with van der Waals surface area (Å²) in [7, 11) is 0. The van der Waals surface area contributed by atoms with Gasteiger partial charge >= 0.3 is 5.97 Å². The fourth-order valence-electron chi connectivity index (χ4n) is 2.13. The van der Waals surface area contributed by atoms with Crippen LogP contribution in [-0.2, 0) is 10.3 Å². The molecular weight excluding hydrogens is 182 g/mol. The van der Waals surface area contributed by atoms with Crippen molar-refractivity contribution in [3.05, 3.63) is 11.6 Å². The van der Waals surface area contributed by atoms with Crippen LogP contribution >= 0.6 is 0 Å². The van der Waals surface area contributed by atoms with Crippen molar-refractivity contribution in [1.82, 2.24) is 14.8 Å². The van der Waals surface area contributed by atoms with E-state index in [1.54, 1.807) is 18.4 Å². The summed E-state index contributed by atoms with van der Waals surface area (Å²) < 4.78 is 1.75. The molecule has 1 fully saturated rings. The van der Waals surface area contributed by atoms with Crippen molar-refractivity contribution in [3.8, 4) is 0 Å². The summed E-state index contributed by atoms with van der Waals surface area (Å²) in [6, 6.07) is 0. The van der Waals surface area contributed by atoms with Crippen LogP contribution < -0.4 is 0 Å². The molecule has 0 radical (unpaired) electrons. The normalized spacial score (nSPS) is 19.0. The number of hydrogen-bond donors (Lipinski definition) is 1. The number of aryl methyl sites for hydroxylation is 2. The van der Waals surface area contributed by atoms with Gasteiger partial charge in [0.25, 0.3) is 0 Å². The lowest BCUT2D eigenvalue weighted by molar-refractivity contribution is -0.152. The summed E-state index contributed by atoms with van der Waals surface area (Å²) >= 11 is 0. The number of carbonyl (C=O) groups is 1. The quantitative estimate of drug-likeness (QED) is 0.759. The molecular formula is C9H13N3O2. The summed E-state index contributed by atoms with van der Waals surface area (Å²) in [5.74, 6) is 0.601. The first-order valence-corrected chi connectivity index (χ1v) is 4.70. The van der Waals surface area contributed by atoms with Crippen LogP contribution in [0.3, 0.4) is 0 Å². The molecule has 0 aliphatic heterocycles. The molecule has 1 aromatic rings. The fraction of sp³-hybridized carbons (Fsp3) is 0.667. The first kappa shape index (κ1) is 9.18. The molecule has 0 amide bonds. The maximum absolute atomic E-state index is 11.2. The molecule has 0 aromatic carbocycles. The van der Waals surface area contributed by atoms with Gasteiger partial charge in [-0.25, -0.2) is 4.79 Å². The minimum Gasteiger partial charge on any atom is -0.479 e. The Morgan fingerprint density at radius 1 is 1.36 bits per heavy atom. The highest BCUT2D eigenvalue weighted by molar-refractivity contribution is 5.78. The zero-order chi connectivity index (χ0) is 10.3. The van der Waals surface area contributed by atoms with Gasteiger partial charge in [0.1, 0.15) is 17.2 Å². The van der Waals surface area contributed by atoms with Crippen molar-refractivity contribution in [2.24, 2.45) is 0 Å².